The van der Waals surface area contributed by atoms with Gasteiger partial charge in [-0.2, -0.15) is 5.10 Å². The summed E-state index contributed by atoms with van der Waals surface area (Å²) >= 11 is 3.28. The number of nitrogens with one attached hydrogen (secondary N) is 1. The van der Waals surface area contributed by atoms with Crippen LogP contribution < -0.4 is 5.32 Å². The molecule has 0 fully saturated rings. The minimum Gasteiger partial charge on any atom is -0.341 e. The van der Waals surface area contributed by atoms with Gasteiger partial charge < -0.3 is 5.32 Å². The molecule has 7 heteroatoms. The van der Waals surface area contributed by atoms with Gasteiger partial charge >= 0.3 is 0 Å². The van der Waals surface area contributed by atoms with Gasteiger partial charge in [-0.05, 0) is 36.8 Å². The SMILES string of the molecule is Cc1c(C(=O)NC(c2ccccc2)c2ccc(Br)cc2F)cnn1-c1ccccn1. The number of nitrogens with zero attached hydrogens (tertiary/aromatic N) is 3. The Morgan fingerprint density at radius 1 is 1.10 bits per heavy atom. The Labute approximate surface area is 181 Å². The van der Waals surface area contributed by atoms with Crippen LogP contribution in [0.15, 0.2) is 83.6 Å². The number of amides is 1. The van der Waals surface area contributed by atoms with E-state index in [0.29, 0.717) is 27.1 Å². The third-order valence-electron chi connectivity index (χ3n) is 4.80. The summed E-state index contributed by atoms with van der Waals surface area (Å²) < 4.78 is 17.0. The molecule has 0 saturated carbocycles. The van der Waals surface area contributed by atoms with Gasteiger partial charge in [-0.15, -0.1) is 0 Å². The predicted molar refractivity (Wildman–Crippen MR) is 116 cm³/mol. The molecule has 1 amide bonds. The average Bonchev–Trinajstić information content (AvgIpc) is 3.15. The summed E-state index contributed by atoms with van der Waals surface area (Å²) in [6, 6.07) is 18.9. The second kappa shape index (κ2) is 8.59. The van der Waals surface area contributed by atoms with Crippen molar-refractivity contribution < 1.29 is 9.18 Å². The number of hydrogen-bond donors (Lipinski definition) is 1. The Hall–Kier alpha value is -3.32. The van der Waals surface area contributed by atoms with Crippen molar-refractivity contribution in [2.24, 2.45) is 0 Å². The summed E-state index contributed by atoms with van der Waals surface area (Å²) in [6.07, 6.45) is 3.16. The molecule has 2 aromatic heterocycles. The number of carbonyl (C=O) groups excluding carboxylic acids is 1. The minimum atomic E-state index is -0.649. The maximum Gasteiger partial charge on any atom is 0.255 e. The van der Waals surface area contributed by atoms with Gasteiger partial charge in [0.25, 0.3) is 5.91 Å². The van der Waals surface area contributed by atoms with Crippen LogP contribution in [0.25, 0.3) is 5.82 Å². The quantitative estimate of drug-likeness (QED) is 0.452. The first-order chi connectivity index (χ1) is 14.5. The van der Waals surface area contributed by atoms with Gasteiger partial charge in [0.05, 0.1) is 23.5 Å². The standard InChI is InChI=1S/C23H18BrFN4O/c1-15-19(14-27-29(15)21-9-5-6-12-26-21)23(30)28-22(16-7-3-2-4-8-16)18-11-10-17(24)13-20(18)25/h2-14,22H,1H3,(H,28,30). The fourth-order valence-corrected chi connectivity index (χ4v) is 3.61. The van der Waals surface area contributed by atoms with E-state index in [0.717, 1.165) is 5.56 Å². The second-order valence-electron chi connectivity index (χ2n) is 6.73. The maximum atomic E-state index is 14.7. The van der Waals surface area contributed by atoms with E-state index < -0.39 is 11.9 Å². The lowest BCUT2D eigenvalue weighted by molar-refractivity contribution is 0.0942. The molecule has 0 bridgehead atoms. The Balaban J connectivity index is 1.69. The molecule has 0 aliphatic carbocycles. The third kappa shape index (κ3) is 4.02. The molecule has 30 heavy (non-hydrogen) atoms. The van der Waals surface area contributed by atoms with Gasteiger partial charge in [0.15, 0.2) is 5.82 Å². The molecule has 4 aromatic rings. The van der Waals surface area contributed by atoms with Crippen molar-refractivity contribution in [2.75, 3.05) is 0 Å². The van der Waals surface area contributed by atoms with Gasteiger partial charge in [0.2, 0.25) is 0 Å². The Morgan fingerprint density at radius 3 is 2.57 bits per heavy atom. The van der Waals surface area contributed by atoms with E-state index in [1.165, 1.54) is 12.3 Å². The first kappa shape index (κ1) is 20.0. The summed E-state index contributed by atoms with van der Waals surface area (Å²) in [5, 5.41) is 7.27. The molecule has 0 radical (unpaired) electrons. The van der Waals surface area contributed by atoms with Crippen molar-refractivity contribution in [3.8, 4) is 5.82 Å². The van der Waals surface area contributed by atoms with Crippen LogP contribution in [0.5, 0.6) is 0 Å². The molecular formula is C23H18BrFN4O. The van der Waals surface area contributed by atoms with Crippen LogP contribution in [0.4, 0.5) is 4.39 Å². The molecule has 0 saturated heterocycles. The molecule has 1 atom stereocenters. The number of halogens is 2. The molecule has 0 aliphatic heterocycles. The highest BCUT2D eigenvalue weighted by Gasteiger charge is 2.23. The van der Waals surface area contributed by atoms with E-state index >= 15 is 0 Å². The van der Waals surface area contributed by atoms with Crippen molar-refractivity contribution in [3.05, 3.63) is 112 Å². The molecule has 1 N–H and O–H groups in total. The highest BCUT2D eigenvalue weighted by atomic mass is 79.9. The molecular weight excluding hydrogens is 447 g/mol. The van der Waals surface area contributed by atoms with Crippen LogP contribution in [0, 0.1) is 12.7 Å². The predicted octanol–water partition coefficient (Wildman–Crippen LogP) is 5.00. The van der Waals surface area contributed by atoms with Crippen molar-refractivity contribution >= 4 is 21.8 Å². The lowest BCUT2D eigenvalue weighted by Crippen LogP contribution is -2.30. The average molecular weight is 465 g/mol. The Bertz CT molecular complexity index is 1180. The normalized spacial score (nSPS) is 11.8. The lowest BCUT2D eigenvalue weighted by atomic mass is 9.97. The summed E-state index contributed by atoms with van der Waals surface area (Å²) in [4.78, 5) is 17.4. The zero-order valence-corrected chi connectivity index (χ0v) is 17.7. The topological polar surface area (TPSA) is 59.8 Å². The van der Waals surface area contributed by atoms with E-state index in [2.05, 4.69) is 31.3 Å². The van der Waals surface area contributed by atoms with Crippen LogP contribution in [0.2, 0.25) is 0 Å². The third-order valence-corrected chi connectivity index (χ3v) is 5.30. The summed E-state index contributed by atoms with van der Waals surface area (Å²) in [7, 11) is 0. The smallest absolute Gasteiger partial charge is 0.255 e. The van der Waals surface area contributed by atoms with Crippen LogP contribution in [0.1, 0.15) is 33.2 Å². The number of rotatable bonds is 5. The van der Waals surface area contributed by atoms with E-state index in [4.69, 9.17) is 0 Å². The molecule has 4 rings (SSSR count). The summed E-state index contributed by atoms with van der Waals surface area (Å²) in [5.74, 6) is -0.127. The highest BCUT2D eigenvalue weighted by Crippen LogP contribution is 2.27. The number of benzene rings is 2. The fourth-order valence-electron chi connectivity index (χ4n) is 3.27. The number of aromatic nitrogens is 3. The number of hydrogen-bond acceptors (Lipinski definition) is 3. The first-order valence-electron chi connectivity index (χ1n) is 9.31. The molecule has 2 aromatic carbocycles. The van der Waals surface area contributed by atoms with E-state index in [1.54, 1.807) is 29.9 Å². The van der Waals surface area contributed by atoms with E-state index in [-0.39, 0.29) is 5.91 Å². The molecule has 1 unspecified atom stereocenters. The Kier molecular flexibility index (Phi) is 5.72. The first-order valence-corrected chi connectivity index (χ1v) is 10.1. The van der Waals surface area contributed by atoms with Crippen molar-refractivity contribution in [1.29, 1.82) is 0 Å². The Morgan fingerprint density at radius 2 is 1.87 bits per heavy atom. The van der Waals surface area contributed by atoms with Crippen molar-refractivity contribution in [1.82, 2.24) is 20.1 Å². The molecule has 2 heterocycles. The second-order valence-corrected chi connectivity index (χ2v) is 7.64. The highest BCUT2D eigenvalue weighted by molar-refractivity contribution is 9.10. The van der Waals surface area contributed by atoms with Gasteiger partial charge in [0, 0.05) is 16.2 Å². The van der Waals surface area contributed by atoms with Gasteiger partial charge in [-0.1, -0.05) is 58.4 Å². The largest absolute Gasteiger partial charge is 0.341 e. The molecule has 5 nitrogen and oxygen atoms in total. The lowest BCUT2D eigenvalue weighted by Gasteiger charge is -2.20. The summed E-state index contributed by atoms with van der Waals surface area (Å²) in [5.41, 5.74) is 2.21. The van der Waals surface area contributed by atoms with Gasteiger partial charge in [-0.25, -0.2) is 14.1 Å². The van der Waals surface area contributed by atoms with Crippen LogP contribution in [-0.4, -0.2) is 20.7 Å². The zero-order valence-electron chi connectivity index (χ0n) is 16.1. The molecule has 0 spiro atoms. The maximum absolute atomic E-state index is 14.7. The fraction of sp³-hybridized carbons (Fsp3) is 0.0870. The minimum absolute atomic E-state index is 0.342. The zero-order chi connectivity index (χ0) is 21.1. The van der Waals surface area contributed by atoms with Crippen LogP contribution in [0.3, 0.4) is 0 Å². The number of pyridine rings is 1. The van der Waals surface area contributed by atoms with Crippen molar-refractivity contribution in [3.63, 3.8) is 0 Å². The monoisotopic (exact) mass is 464 g/mol. The van der Waals surface area contributed by atoms with Crippen LogP contribution in [-0.2, 0) is 0 Å². The number of carbonyl (C=O) groups is 1. The van der Waals surface area contributed by atoms with Gasteiger partial charge in [0.1, 0.15) is 5.82 Å². The van der Waals surface area contributed by atoms with Crippen LogP contribution >= 0.6 is 15.9 Å². The van der Waals surface area contributed by atoms with Gasteiger partial charge in [-0.3, -0.25) is 4.79 Å². The summed E-state index contributed by atoms with van der Waals surface area (Å²) in [6.45, 7) is 1.80. The molecule has 150 valence electrons. The van der Waals surface area contributed by atoms with E-state index in [9.17, 15) is 9.18 Å². The van der Waals surface area contributed by atoms with Crippen molar-refractivity contribution in [2.45, 2.75) is 13.0 Å². The molecule has 0 aliphatic rings. The van der Waals surface area contributed by atoms with E-state index in [1.807, 2.05) is 48.5 Å².